The van der Waals surface area contributed by atoms with E-state index >= 15 is 0 Å². The summed E-state index contributed by atoms with van der Waals surface area (Å²) in [5.74, 6) is 0.757. The molecule has 2 N–H and O–H groups in total. The Bertz CT molecular complexity index is 684. The van der Waals surface area contributed by atoms with Gasteiger partial charge in [-0.1, -0.05) is 35.9 Å². The monoisotopic (exact) mass is 250 g/mol. The predicted molar refractivity (Wildman–Crippen MR) is 75.9 cm³/mol. The van der Waals surface area contributed by atoms with Crippen LogP contribution in [0.3, 0.4) is 0 Å². The summed E-state index contributed by atoms with van der Waals surface area (Å²) >= 11 is 0. The zero-order valence-corrected chi connectivity index (χ0v) is 10.6. The normalized spacial score (nSPS) is 10.6. The van der Waals surface area contributed by atoms with Gasteiger partial charge in [0.05, 0.1) is 11.9 Å². The number of nitrogen functional groups attached to an aromatic ring is 1. The number of anilines is 1. The second-order valence-electron chi connectivity index (χ2n) is 4.43. The molecule has 2 heterocycles. The minimum Gasteiger partial charge on any atom is -0.396 e. The molecule has 4 heteroatoms. The van der Waals surface area contributed by atoms with Gasteiger partial charge in [-0.25, -0.2) is 9.67 Å². The number of benzene rings is 1. The van der Waals surface area contributed by atoms with Crippen LogP contribution < -0.4 is 5.73 Å². The number of hydrogen-bond donors (Lipinski definition) is 1. The summed E-state index contributed by atoms with van der Waals surface area (Å²) in [4.78, 5) is 4.26. The third-order valence-electron chi connectivity index (χ3n) is 2.95. The quantitative estimate of drug-likeness (QED) is 0.760. The zero-order chi connectivity index (χ0) is 13.2. The van der Waals surface area contributed by atoms with Crippen LogP contribution in [0, 0.1) is 6.92 Å². The summed E-state index contributed by atoms with van der Waals surface area (Å²) < 4.78 is 1.70. The molecule has 1 aromatic carbocycles. The molecule has 0 radical (unpaired) electrons. The van der Waals surface area contributed by atoms with E-state index in [1.807, 2.05) is 30.3 Å². The fourth-order valence-corrected chi connectivity index (χ4v) is 1.93. The Balaban J connectivity index is 2.05. The summed E-state index contributed by atoms with van der Waals surface area (Å²) in [6.07, 6.45) is 3.52. The standard InChI is InChI=1S/C15H14N4/c1-11-5-7-12(8-6-11)15-13(16)10-19(18-15)14-4-2-3-9-17-14/h2-10H,16H2,1H3. The zero-order valence-electron chi connectivity index (χ0n) is 10.6. The molecule has 0 bridgehead atoms. The van der Waals surface area contributed by atoms with Crippen molar-refractivity contribution in [1.82, 2.24) is 14.8 Å². The largest absolute Gasteiger partial charge is 0.396 e. The highest BCUT2D eigenvalue weighted by Crippen LogP contribution is 2.25. The third-order valence-corrected chi connectivity index (χ3v) is 2.95. The van der Waals surface area contributed by atoms with E-state index in [0.29, 0.717) is 5.69 Å². The minimum atomic E-state index is 0.648. The first-order valence-corrected chi connectivity index (χ1v) is 6.07. The molecule has 0 aliphatic rings. The highest BCUT2D eigenvalue weighted by atomic mass is 15.3. The molecule has 3 rings (SSSR count). The number of pyridine rings is 1. The first-order valence-electron chi connectivity index (χ1n) is 6.07. The number of aryl methyl sites for hydroxylation is 1. The van der Waals surface area contributed by atoms with Crippen molar-refractivity contribution in [2.75, 3.05) is 5.73 Å². The Kier molecular flexibility index (Phi) is 2.76. The fourth-order valence-electron chi connectivity index (χ4n) is 1.93. The van der Waals surface area contributed by atoms with Crippen molar-refractivity contribution in [2.24, 2.45) is 0 Å². The summed E-state index contributed by atoms with van der Waals surface area (Å²) in [7, 11) is 0. The van der Waals surface area contributed by atoms with Crippen molar-refractivity contribution in [2.45, 2.75) is 6.92 Å². The molecule has 94 valence electrons. The molecular formula is C15H14N4. The molecule has 0 fully saturated rings. The maximum atomic E-state index is 6.04. The van der Waals surface area contributed by atoms with Crippen LogP contribution in [0.15, 0.2) is 54.9 Å². The molecule has 0 amide bonds. The van der Waals surface area contributed by atoms with Crippen molar-refractivity contribution in [3.05, 3.63) is 60.4 Å². The van der Waals surface area contributed by atoms with Crippen LogP contribution in [0.4, 0.5) is 5.69 Å². The van der Waals surface area contributed by atoms with Gasteiger partial charge in [0.25, 0.3) is 0 Å². The average molecular weight is 250 g/mol. The van der Waals surface area contributed by atoms with E-state index in [-0.39, 0.29) is 0 Å². The smallest absolute Gasteiger partial charge is 0.153 e. The van der Waals surface area contributed by atoms with Crippen molar-refractivity contribution < 1.29 is 0 Å². The van der Waals surface area contributed by atoms with E-state index < -0.39 is 0 Å². The summed E-state index contributed by atoms with van der Waals surface area (Å²) in [5, 5.41) is 4.51. The van der Waals surface area contributed by atoms with Gasteiger partial charge in [0.1, 0.15) is 5.69 Å². The van der Waals surface area contributed by atoms with Crippen LogP contribution in [0.2, 0.25) is 0 Å². The number of rotatable bonds is 2. The Morgan fingerprint density at radius 2 is 1.84 bits per heavy atom. The lowest BCUT2D eigenvalue weighted by atomic mass is 10.1. The van der Waals surface area contributed by atoms with E-state index in [1.165, 1.54) is 5.56 Å². The second-order valence-corrected chi connectivity index (χ2v) is 4.43. The highest BCUT2D eigenvalue weighted by molar-refractivity contribution is 5.72. The van der Waals surface area contributed by atoms with Crippen LogP contribution in [0.1, 0.15) is 5.56 Å². The highest BCUT2D eigenvalue weighted by Gasteiger charge is 2.09. The average Bonchev–Trinajstić information content (AvgIpc) is 2.83. The maximum Gasteiger partial charge on any atom is 0.153 e. The van der Waals surface area contributed by atoms with Gasteiger partial charge in [-0.05, 0) is 19.1 Å². The number of hydrogen-bond acceptors (Lipinski definition) is 3. The molecule has 4 nitrogen and oxygen atoms in total. The van der Waals surface area contributed by atoms with Gasteiger partial charge in [-0.15, -0.1) is 0 Å². The number of aromatic nitrogens is 3. The van der Waals surface area contributed by atoms with Crippen LogP contribution in [0.25, 0.3) is 17.1 Å². The minimum absolute atomic E-state index is 0.648. The van der Waals surface area contributed by atoms with Crippen molar-refractivity contribution in [1.29, 1.82) is 0 Å². The molecule has 0 spiro atoms. The Morgan fingerprint density at radius 3 is 2.53 bits per heavy atom. The molecule has 19 heavy (non-hydrogen) atoms. The Hall–Kier alpha value is -2.62. The van der Waals surface area contributed by atoms with E-state index in [2.05, 4.69) is 29.1 Å². The fraction of sp³-hybridized carbons (Fsp3) is 0.0667. The van der Waals surface area contributed by atoms with E-state index in [1.54, 1.807) is 17.1 Å². The topological polar surface area (TPSA) is 56.7 Å². The molecular weight excluding hydrogens is 236 g/mol. The van der Waals surface area contributed by atoms with E-state index in [0.717, 1.165) is 17.1 Å². The van der Waals surface area contributed by atoms with Crippen LogP contribution in [-0.2, 0) is 0 Å². The molecule has 0 unspecified atom stereocenters. The molecule has 0 saturated heterocycles. The molecule has 0 saturated carbocycles. The summed E-state index contributed by atoms with van der Waals surface area (Å²) in [6, 6.07) is 13.8. The van der Waals surface area contributed by atoms with E-state index in [9.17, 15) is 0 Å². The molecule has 0 atom stereocenters. The van der Waals surface area contributed by atoms with Crippen LogP contribution in [-0.4, -0.2) is 14.8 Å². The van der Waals surface area contributed by atoms with Gasteiger partial charge in [-0.3, -0.25) is 0 Å². The first kappa shape index (κ1) is 11.5. The molecule has 3 aromatic rings. The number of nitrogens with two attached hydrogens (primary N) is 1. The number of nitrogens with zero attached hydrogens (tertiary/aromatic N) is 3. The molecule has 0 aliphatic carbocycles. The summed E-state index contributed by atoms with van der Waals surface area (Å²) in [6.45, 7) is 2.06. The van der Waals surface area contributed by atoms with Gasteiger partial charge in [0.2, 0.25) is 0 Å². The second kappa shape index (κ2) is 4.57. The van der Waals surface area contributed by atoms with E-state index in [4.69, 9.17) is 5.73 Å². The van der Waals surface area contributed by atoms with Gasteiger partial charge < -0.3 is 5.73 Å². The van der Waals surface area contributed by atoms with Gasteiger partial charge in [0.15, 0.2) is 5.82 Å². The van der Waals surface area contributed by atoms with Crippen molar-refractivity contribution in [3.8, 4) is 17.1 Å². The molecule has 0 aliphatic heterocycles. The summed E-state index contributed by atoms with van der Waals surface area (Å²) in [5.41, 5.74) is 9.69. The SMILES string of the molecule is Cc1ccc(-c2nn(-c3ccccn3)cc2N)cc1. The third kappa shape index (κ3) is 2.20. The lowest BCUT2D eigenvalue weighted by Gasteiger charge is -2.00. The van der Waals surface area contributed by atoms with Gasteiger partial charge in [0, 0.05) is 11.8 Å². The first-order chi connectivity index (χ1) is 9.24. The molecule has 2 aromatic heterocycles. The van der Waals surface area contributed by atoms with Gasteiger partial charge >= 0.3 is 0 Å². The van der Waals surface area contributed by atoms with Gasteiger partial charge in [-0.2, -0.15) is 5.10 Å². The van der Waals surface area contributed by atoms with Crippen LogP contribution in [0.5, 0.6) is 0 Å². The lowest BCUT2D eigenvalue weighted by molar-refractivity contribution is 0.850. The Morgan fingerprint density at radius 1 is 1.05 bits per heavy atom. The van der Waals surface area contributed by atoms with Crippen molar-refractivity contribution >= 4 is 5.69 Å². The van der Waals surface area contributed by atoms with Crippen LogP contribution >= 0.6 is 0 Å². The Labute approximate surface area is 111 Å². The predicted octanol–water partition coefficient (Wildman–Crippen LogP) is 2.82. The lowest BCUT2D eigenvalue weighted by Crippen LogP contribution is -1.97. The van der Waals surface area contributed by atoms with Crippen molar-refractivity contribution in [3.63, 3.8) is 0 Å². The maximum absolute atomic E-state index is 6.04.